The van der Waals surface area contributed by atoms with Crippen LogP contribution < -0.4 is 14.8 Å². The van der Waals surface area contributed by atoms with Gasteiger partial charge < -0.3 is 24.1 Å². The molecule has 0 fully saturated rings. The molecule has 0 aliphatic heterocycles. The molecule has 9 heteroatoms. The molecule has 0 saturated heterocycles. The molecule has 0 radical (unpaired) electrons. The lowest BCUT2D eigenvalue weighted by Gasteiger charge is -2.12. The number of nitrogens with zero attached hydrogens (tertiary/aromatic N) is 2. The topological polar surface area (TPSA) is 91.7 Å². The third-order valence-electron chi connectivity index (χ3n) is 4.69. The number of nitrogens with one attached hydrogen (secondary N) is 1. The second-order valence-corrected chi connectivity index (χ2v) is 7.88. The van der Waals surface area contributed by atoms with Gasteiger partial charge in [-0.25, -0.2) is 9.78 Å². The summed E-state index contributed by atoms with van der Waals surface area (Å²) in [7, 11) is 3.28. The zero-order chi connectivity index (χ0) is 22.7. The Morgan fingerprint density at radius 1 is 1.26 bits per heavy atom. The molecular formula is C22H27N3O5S. The van der Waals surface area contributed by atoms with Crippen molar-refractivity contribution in [1.82, 2.24) is 9.55 Å². The number of fused-ring (bicyclic) bond motifs is 1. The summed E-state index contributed by atoms with van der Waals surface area (Å²) >= 11 is 1.39. The largest absolute Gasteiger partial charge is 0.495 e. The van der Waals surface area contributed by atoms with Crippen molar-refractivity contribution >= 4 is 39.9 Å². The number of rotatable bonds is 8. The number of amides is 1. The van der Waals surface area contributed by atoms with Gasteiger partial charge in [-0.05, 0) is 33.3 Å². The van der Waals surface area contributed by atoms with Crippen LogP contribution in [-0.2, 0) is 18.2 Å². The molecule has 0 aliphatic rings. The van der Waals surface area contributed by atoms with E-state index in [9.17, 15) is 9.59 Å². The fourth-order valence-electron chi connectivity index (χ4n) is 3.31. The molecule has 31 heavy (non-hydrogen) atoms. The van der Waals surface area contributed by atoms with Crippen molar-refractivity contribution in [2.24, 2.45) is 7.05 Å². The van der Waals surface area contributed by atoms with Crippen molar-refractivity contribution in [1.29, 1.82) is 0 Å². The van der Waals surface area contributed by atoms with Crippen LogP contribution in [-0.4, -0.2) is 41.2 Å². The zero-order valence-corrected chi connectivity index (χ0v) is 19.4. The Labute approximate surface area is 185 Å². The van der Waals surface area contributed by atoms with Gasteiger partial charge in [0.25, 0.3) is 5.91 Å². The van der Waals surface area contributed by atoms with Crippen LogP contribution in [0, 0.1) is 0 Å². The van der Waals surface area contributed by atoms with Crippen molar-refractivity contribution in [2.45, 2.75) is 40.2 Å². The van der Waals surface area contributed by atoms with E-state index < -0.39 is 5.97 Å². The van der Waals surface area contributed by atoms with Gasteiger partial charge in [0, 0.05) is 17.8 Å². The van der Waals surface area contributed by atoms with Crippen molar-refractivity contribution in [3.05, 3.63) is 33.8 Å². The van der Waals surface area contributed by atoms with Crippen LogP contribution in [0.4, 0.5) is 5.69 Å². The molecule has 166 valence electrons. The maximum atomic E-state index is 12.9. The van der Waals surface area contributed by atoms with Gasteiger partial charge in [0.1, 0.15) is 11.4 Å². The lowest BCUT2D eigenvalue weighted by molar-refractivity contribution is 0.0509. The van der Waals surface area contributed by atoms with Crippen molar-refractivity contribution in [2.75, 3.05) is 19.0 Å². The summed E-state index contributed by atoms with van der Waals surface area (Å²) in [4.78, 5) is 30.2. The van der Waals surface area contributed by atoms with Crippen LogP contribution in [0.15, 0.2) is 16.8 Å². The maximum absolute atomic E-state index is 12.9. The highest BCUT2D eigenvalue weighted by Gasteiger charge is 2.27. The molecule has 0 bridgehead atoms. The van der Waals surface area contributed by atoms with Gasteiger partial charge in [-0.2, -0.15) is 0 Å². The summed E-state index contributed by atoms with van der Waals surface area (Å²) in [6.07, 6.45) is 0.421. The number of ether oxygens (including phenoxy) is 3. The summed E-state index contributed by atoms with van der Waals surface area (Å²) in [5.74, 6) is 0.138. The van der Waals surface area contributed by atoms with E-state index >= 15 is 0 Å². The zero-order valence-electron chi connectivity index (χ0n) is 18.6. The summed E-state index contributed by atoms with van der Waals surface area (Å²) in [6.45, 7) is 7.72. The average molecular weight is 446 g/mol. The molecule has 0 unspecified atom stereocenters. The highest BCUT2D eigenvalue weighted by Crippen LogP contribution is 2.36. The Kier molecular flexibility index (Phi) is 6.84. The Bertz CT molecular complexity index is 1120. The minimum atomic E-state index is -0.481. The first-order chi connectivity index (χ1) is 14.8. The molecule has 1 amide bonds. The van der Waals surface area contributed by atoms with Gasteiger partial charge in [-0.3, -0.25) is 4.79 Å². The Morgan fingerprint density at radius 3 is 2.61 bits per heavy atom. The summed E-state index contributed by atoms with van der Waals surface area (Å²) in [5.41, 5.74) is 2.59. The predicted octanol–water partition coefficient (Wildman–Crippen LogP) is 4.42. The quantitative estimate of drug-likeness (QED) is 0.516. The highest BCUT2D eigenvalue weighted by atomic mass is 32.1. The van der Waals surface area contributed by atoms with Crippen molar-refractivity contribution < 1.29 is 23.8 Å². The van der Waals surface area contributed by atoms with Gasteiger partial charge >= 0.3 is 5.97 Å². The Hall–Kier alpha value is -3.07. The first-order valence-electron chi connectivity index (χ1n) is 10.1. The van der Waals surface area contributed by atoms with Crippen LogP contribution in [0.2, 0.25) is 0 Å². The van der Waals surface area contributed by atoms with E-state index in [1.54, 1.807) is 35.4 Å². The van der Waals surface area contributed by atoms with Gasteiger partial charge in [0.2, 0.25) is 0 Å². The van der Waals surface area contributed by atoms with Crippen LogP contribution in [0.5, 0.6) is 11.5 Å². The lowest BCUT2D eigenvalue weighted by Crippen LogP contribution is -2.14. The smallest absolute Gasteiger partial charge is 0.358 e. The van der Waals surface area contributed by atoms with Gasteiger partial charge in [-0.15, -0.1) is 11.3 Å². The number of pyridine rings is 1. The van der Waals surface area contributed by atoms with Crippen LogP contribution >= 0.6 is 11.3 Å². The van der Waals surface area contributed by atoms with E-state index in [1.807, 2.05) is 20.8 Å². The fourth-order valence-corrected chi connectivity index (χ4v) is 4.08. The molecule has 0 aliphatic carbocycles. The van der Waals surface area contributed by atoms with E-state index in [-0.39, 0.29) is 18.6 Å². The maximum Gasteiger partial charge on any atom is 0.358 e. The highest BCUT2D eigenvalue weighted by molar-refractivity contribution is 7.08. The number of anilines is 1. The molecule has 3 aromatic rings. The molecular weight excluding hydrogens is 418 g/mol. The van der Waals surface area contributed by atoms with E-state index in [2.05, 4.69) is 5.32 Å². The molecule has 0 saturated carbocycles. The number of methoxy groups -OCH3 is 1. The molecule has 3 heterocycles. The monoisotopic (exact) mass is 445 g/mol. The number of hydrogen-bond acceptors (Lipinski definition) is 7. The molecule has 0 atom stereocenters. The van der Waals surface area contributed by atoms with Crippen LogP contribution in [0.1, 0.15) is 54.2 Å². The second-order valence-electron chi connectivity index (χ2n) is 7.14. The molecule has 3 rings (SSSR count). The molecule has 1 N–H and O–H groups in total. The minimum Gasteiger partial charge on any atom is -0.495 e. The fraction of sp³-hybridized carbons (Fsp3) is 0.409. The third kappa shape index (κ3) is 4.36. The van der Waals surface area contributed by atoms with Gasteiger partial charge in [0.15, 0.2) is 11.4 Å². The number of esters is 1. The number of carbonyl (C=O) groups is 2. The normalized spacial score (nSPS) is 11.1. The van der Waals surface area contributed by atoms with Crippen LogP contribution in [0.3, 0.4) is 0 Å². The Morgan fingerprint density at radius 2 is 2.00 bits per heavy atom. The number of aromatic nitrogens is 2. The lowest BCUT2D eigenvalue weighted by atomic mass is 10.2. The van der Waals surface area contributed by atoms with Gasteiger partial charge in [-0.1, -0.05) is 6.92 Å². The number of carbonyl (C=O) groups excluding carboxylic acids is 2. The molecule has 8 nitrogen and oxygen atoms in total. The number of hydrogen-bond donors (Lipinski definition) is 1. The summed E-state index contributed by atoms with van der Waals surface area (Å²) in [5, 5.41) is 7.08. The number of thiophene rings is 1. The van der Waals surface area contributed by atoms with E-state index in [0.717, 1.165) is 0 Å². The number of aryl methyl sites for hydroxylation is 2. The summed E-state index contributed by atoms with van der Waals surface area (Å²) in [6, 6.07) is 1.80. The SMILES string of the molecule is CCOC(=O)c1c(OC(C)C)c2cc(NC(=O)c3cscc3OC)c(CC)nc2n1C. The molecule has 0 aromatic carbocycles. The average Bonchev–Trinajstić information content (AvgIpc) is 3.30. The van der Waals surface area contributed by atoms with Crippen LogP contribution in [0.25, 0.3) is 11.0 Å². The minimum absolute atomic E-state index is 0.169. The second kappa shape index (κ2) is 9.38. The van der Waals surface area contributed by atoms with Gasteiger partial charge in [0.05, 0.1) is 42.2 Å². The van der Waals surface area contributed by atoms with Crippen molar-refractivity contribution in [3.63, 3.8) is 0 Å². The third-order valence-corrected chi connectivity index (χ3v) is 5.41. The standard InChI is InChI=1S/C22H27N3O5S/c1-7-15-16(24-21(26)14-10-31-11-17(14)28-6)9-13-19(30-12(3)4)18(22(27)29-8-2)25(5)20(13)23-15/h9-12H,7-8H2,1-6H3,(H,24,26). The molecule has 3 aromatic heterocycles. The van der Waals surface area contributed by atoms with E-state index in [4.69, 9.17) is 19.2 Å². The first-order valence-corrected chi connectivity index (χ1v) is 11.0. The van der Waals surface area contributed by atoms with E-state index in [0.29, 0.717) is 51.6 Å². The molecule has 0 spiro atoms. The Balaban J connectivity index is 2.15. The summed E-state index contributed by atoms with van der Waals surface area (Å²) < 4.78 is 18.2. The van der Waals surface area contributed by atoms with Crippen molar-refractivity contribution in [3.8, 4) is 11.5 Å². The van der Waals surface area contributed by atoms with E-state index in [1.165, 1.54) is 18.4 Å². The first kappa shape index (κ1) is 22.6. The predicted molar refractivity (Wildman–Crippen MR) is 121 cm³/mol.